The van der Waals surface area contributed by atoms with Gasteiger partial charge in [-0.3, -0.25) is 0 Å². The van der Waals surface area contributed by atoms with E-state index in [-0.39, 0.29) is 5.03 Å². The Kier molecular flexibility index (Phi) is 4.16. The molecular formula is C12H12BrClO2. The van der Waals surface area contributed by atoms with E-state index in [1.807, 2.05) is 26.8 Å². The fourth-order valence-electron chi connectivity index (χ4n) is 1.71. The van der Waals surface area contributed by atoms with Gasteiger partial charge in [0.05, 0.1) is 5.03 Å². The fourth-order valence-corrected chi connectivity index (χ4v) is 2.41. The molecule has 1 N–H and O–H groups in total. The molecule has 0 amide bonds. The molecule has 0 aliphatic rings. The standard InChI is InChI=1S/C12H12BrClO2/c1-6-4-7(2)12(13)8(3)11(6)9(14)5-10(15)16/h4-5H,1-3H3,(H,15,16). The zero-order chi connectivity index (χ0) is 12.5. The molecule has 0 heterocycles. The molecule has 16 heavy (non-hydrogen) atoms. The maximum atomic E-state index is 10.6. The number of carbonyl (C=O) groups is 1. The summed E-state index contributed by atoms with van der Waals surface area (Å²) in [6.45, 7) is 5.82. The highest BCUT2D eigenvalue weighted by atomic mass is 79.9. The summed E-state index contributed by atoms with van der Waals surface area (Å²) >= 11 is 9.46. The van der Waals surface area contributed by atoms with Gasteiger partial charge < -0.3 is 5.11 Å². The summed E-state index contributed by atoms with van der Waals surface area (Å²) in [5, 5.41) is 8.93. The molecule has 0 atom stereocenters. The van der Waals surface area contributed by atoms with Crippen LogP contribution in [0.3, 0.4) is 0 Å². The fraction of sp³-hybridized carbons (Fsp3) is 0.250. The van der Waals surface area contributed by atoms with Gasteiger partial charge in [0, 0.05) is 16.1 Å². The van der Waals surface area contributed by atoms with Gasteiger partial charge in [-0.15, -0.1) is 0 Å². The van der Waals surface area contributed by atoms with Crippen molar-refractivity contribution in [3.8, 4) is 0 Å². The van der Waals surface area contributed by atoms with E-state index >= 15 is 0 Å². The summed E-state index contributed by atoms with van der Waals surface area (Å²) < 4.78 is 0.963. The Bertz CT molecular complexity index is 478. The predicted molar refractivity (Wildman–Crippen MR) is 69.8 cm³/mol. The lowest BCUT2D eigenvalue weighted by Gasteiger charge is -2.12. The van der Waals surface area contributed by atoms with Gasteiger partial charge in [-0.25, -0.2) is 4.79 Å². The molecule has 0 aromatic heterocycles. The number of aryl methyl sites for hydroxylation is 2. The molecule has 0 aliphatic heterocycles. The Labute approximate surface area is 108 Å². The van der Waals surface area contributed by atoms with Crippen LogP contribution in [0.25, 0.3) is 5.03 Å². The van der Waals surface area contributed by atoms with E-state index in [2.05, 4.69) is 15.9 Å². The van der Waals surface area contributed by atoms with Crippen molar-refractivity contribution < 1.29 is 9.90 Å². The molecule has 0 saturated heterocycles. The minimum Gasteiger partial charge on any atom is -0.478 e. The lowest BCUT2D eigenvalue weighted by atomic mass is 9.99. The van der Waals surface area contributed by atoms with E-state index in [0.717, 1.165) is 32.8 Å². The lowest BCUT2D eigenvalue weighted by Crippen LogP contribution is -1.96. The third kappa shape index (κ3) is 2.66. The lowest BCUT2D eigenvalue weighted by molar-refractivity contribution is -0.131. The summed E-state index contributed by atoms with van der Waals surface area (Å²) in [4.78, 5) is 10.6. The van der Waals surface area contributed by atoms with Crippen LogP contribution in [0.5, 0.6) is 0 Å². The highest BCUT2D eigenvalue weighted by molar-refractivity contribution is 9.10. The normalized spacial score (nSPS) is 11.7. The molecule has 1 aromatic carbocycles. The van der Waals surface area contributed by atoms with Crippen LogP contribution < -0.4 is 0 Å². The molecule has 4 heteroatoms. The smallest absolute Gasteiger partial charge is 0.329 e. The molecule has 2 nitrogen and oxygen atoms in total. The maximum absolute atomic E-state index is 10.6. The molecule has 0 aliphatic carbocycles. The van der Waals surface area contributed by atoms with E-state index in [1.165, 1.54) is 0 Å². The first-order chi connectivity index (χ1) is 7.34. The van der Waals surface area contributed by atoms with Crippen LogP contribution in [0.1, 0.15) is 22.3 Å². The summed E-state index contributed by atoms with van der Waals surface area (Å²) in [7, 11) is 0. The van der Waals surface area contributed by atoms with Gasteiger partial charge >= 0.3 is 5.97 Å². The van der Waals surface area contributed by atoms with Gasteiger partial charge in [0.1, 0.15) is 0 Å². The number of carboxylic acids is 1. The summed E-state index contributed by atoms with van der Waals surface area (Å²) in [6, 6.07) is 1.98. The Morgan fingerprint density at radius 3 is 2.44 bits per heavy atom. The third-order valence-electron chi connectivity index (χ3n) is 2.37. The quantitative estimate of drug-likeness (QED) is 0.837. The van der Waals surface area contributed by atoms with Gasteiger partial charge in [0.2, 0.25) is 0 Å². The van der Waals surface area contributed by atoms with E-state index in [1.54, 1.807) is 0 Å². The van der Waals surface area contributed by atoms with Gasteiger partial charge in [-0.2, -0.15) is 0 Å². The van der Waals surface area contributed by atoms with Crippen LogP contribution in [-0.4, -0.2) is 11.1 Å². The minimum atomic E-state index is -1.04. The zero-order valence-corrected chi connectivity index (χ0v) is 11.6. The first kappa shape index (κ1) is 13.3. The maximum Gasteiger partial charge on any atom is 0.329 e. The van der Waals surface area contributed by atoms with E-state index in [4.69, 9.17) is 16.7 Å². The van der Waals surface area contributed by atoms with E-state index in [9.17, 15) is 4.79 Å². The van der Waals surface area contributed by atoms with Crippen molar-refractivity contribution in [1.29, 1.82) is 0 Å². The summed E-state index contributed by atoms with van der Waals surface area (Å²) in [5.41, 5.74) is 3.82. The van der Waals surface area contributed by atoms with E-state index < -0.39 is 5.97 Å². The molecule has 86 valence electrons. The van der Waals surface area contributed by atoms with Crippen LogP contribution in [0.15, 0.2) is 16.6 Å². The molecule has 0 radical (unpaired) electrons. The topological polar surface area (TPSA) is 37.3 Å². The Balaban J connectivity index is 3.46. The zero-order valence-electron chi connectivity index (χ0n) is 9.27. The first-order valence-corrected chi connectivity index (χ1v) is 5.88. The molecule has 1 aromatic rings. The number of halogens is 2. The molecule has 0 spiro atoms. The average molecular weight is 304 g/mol. The Morgan fingerprint density at radius 2 is 1.94 bits per heavy atom. The number of hydrogen-bond acceptors (Lipinski definition) is 1. The largest absolute Gasteiger partial charge is 0.478 e. The molecular weight excluding hydrogens is 291 g/mol. The van der Waals surface area contributed by atoms with Crippen molar-refractivity contribution >= 4 is 38.5 Å². The van der Waals surface area contributed by atoms with Crippen LogP contribution in [0, 0.1) is 20.8 Å². The van der Waals surface area contributed by atoms with Crippen molar-refractivity contribution in [3.63, 3.8) is 0 Å². The second kappa shape index (κ2) is 5.02. The summed E-state index contributed by atoms with van der Waals surface area (Å²) in [5.74, 6) is -1.04. The van der Waals surface area contributed by atoms with Gasteiger partial charge in [-0.1, -0.05) is 33.6 Å². The van der Waals surface area contributed by atoms with Crippen molar-refractivity contribution in [2.75, 3.05) is 0 Å². The van der Waals surface area contributed by atoms with Crippen molar-refractivity contribution in [1.82, 2.24) is 0 Å². The van der Waals surface area contributed by atoms with Crippen molar-refractivity contribution in [3.05, 3.63) is 38.9 Å². The number of carboxylic acid groups (broad SMARTS) is 1. The molecule has 0 fully saturated rings. The third-order valence-corrected chi connectivity index (χ3v) is 3.89. The average Bonchev–Trinajstić information content (AvgIpc) is 2.13. The Hall–Kier alpha value is -0.800. The van der Waals surface area contributed by atoms with Crippen LogP contribution in [0.4, 0.5) is 0 Å². The summed E-state index contributed by atoms with van der Waals surface area (Å²) in [6.07, 6.45) is 1.01. The van der Waals surface area contributed by atoms with Gasteiger partial charge in [-0.05, 0) is 37.5 Å². The molecule has 0 bridgehead atoms. The monoisotopic (exact) mass is 302 g/mol. The minimum absolute atomic E-state index is 0.253. The number of aliphatic carboxylic acids is 1. The van der Waals surface area contributed by atoms with E-state index in [0.29, 0.717) is 0 Å². The number of benzene rings is 1. The predicted octanol–water partition coefficient (Wildman–Crippen LogP) is 4.04. The van der Waals surface area contributed by atoms with Crippen LogP contribution in [-0.2, 0) is 4.79 Å². The van der Waals surface area contributed by atoms with Gasteiger partial charge in [0.15, 0.2) is 0 Å². The second-order valence-electron chi connectivity index (χ2n) is 3.65. The molecule has 0 unspecified atom stereocenters. The van der Waals surface area contributed by atoms with Crippen molar-refractivity contribution in [2.24, 2.45) is 0 Å². The second-order valence-corrected chi connectivity index (χ2v) is 4.86. The highest BCUT2D eigenvalue weighted by Crippen LogP contribution is 2.33. The number of hydrogen-bond donors (Lipinski definition) is 1. The van der Waals surface area contributed by atoms with Gasteiger partial charge in [0.25, 0.3) is 0 Å². The van der Waals surface area contributed by atoms with Crippen molar-refractivity contribution in [2.45, 2.75) is 20.8 Å². The highest BCUT2D eigenvalue weighted by Gasteiger charge is 2.12. The molecule has 1 rings (SSSR count). The number of rotatable bonds is 2. The van der Waals surface area contributed by atoms with Crippen LogP contribution >= 0.6 is 27.5 Å². The molecule has 0 saturated carbocycles. The first-order valence-electron chi connectivity index (χ1n) is 4.71. The van der Waals surface area contributed by atoms with Crippen LogP contribution in [0.2, 0.25) is 0 Å². The SMILES string of the molecule is Cc1cc(C)c(C(Cl)=CC(=O)O)c(C)c1Br. The Morgan fingerprint density at radius 1 is 1.38 bits per heavy atom.